The third-order valence-corrected chi connectivity index (χ3v) is 6.51. The van der Waals surface area contributed by atoms with E-state index in [0.717, 1.165) is 24.4 Å². The molecule has 0 aromatic heterocycles. The summed E-state index contributed by atoms with van der Waals surface area (Å²) in [5.74, 6) is 4.90. The first-order valence-electron chi connectivity index (χ1n) is 6.34. The topological polar surface area (TPSA) is 21.3 Å². The Labute approximate surface area is 108 Å². The molecule has 0 saturated carbocycles. The zero-order chi connectivity index (χ0) is 11.2. The Bertz CT molecular complexity index is 191. The van der Waals surface area contributed by atoms with Crippen molar-refractivity contribution in [3.8, 4) is 0 Å². The third kappa shape index (κ3) is 3.83. The van der Waals surface area contributed by atoms with Gasteiger partial charge in [0.1, 0.15) is 0 Å². The fourth-order valence-electron chi connectivity index (χ4n) is 2.54. The number of ether oxygens (including phenoxy) is 1. The molecule has 0 aliphatic carbocycles. The number of rotatable bonds is 4. The Morgan fingerprint density at radius 1 is 1.31 bits per heavy atom. The fourth-order valence-corrected chi connectivity index (χ4v) is 5.48. The second-order valence-electron chi connectivity index (χ2n) is 4.67. The predicted molar refractivity (Wildman–Crippen MR) is 74.6 cm³/mol. The standard InChI is InChI=1S/C12H23NOS2/c1-13-11(12-9-15-6-7-16-12)8-10-2-4-14-5-3-10/h10-13H,2-9H2,1H3. The molecule has 16 heavy (non-hydrogen) atoms. The quantitative estimate of drug-likeness (QED) is 0.837. The van der Waals surface area contributed by atoms with Gasteiger partial charge in [-0.25, -0.2) is 0 Å². The first-order chi connectivity index (χ1) is 7.90. The van der Waals surface area contributed by atoms with Crippen LogP contribution in [0.2, 0.25) is 0 Å². The van der Waals surface area contributed by atoms with Crippen LogP contribution in [-0.4, -0.2) is 48.8 Å². The number of thioether (sulfide) groups is 2. The van der Waals surface area contributed by atoms with Crippen molar-refractivity contribution in [3.63, 3.8) is 0 Å². The molecule has 2 aliphatic rings. The van der Waals surface area contributed by atoms with E-state index in [1.165, 1.54) is 36.5 Å². The van der Waals surface area contributed by atoms with Crippen molar-refractivity contribution in [2.24, 2.45) is 5.92 Å². The van der Waals surface area contributed by atoms with E-state index in [1.54, 1.807) is 0 Å². The summed E-state index contributed by atoms with van der Waals surface area (Å²) in [7, 11) is 2.13. The molecular weight excluding hydrogens is 238 g/mol. The van der Waals surface area contributed by atoms with Crippen LogP contribution < -0.4 is 5.32 Å². The Hall–Kier alpha value is 0.620. The number of hydrogen-bond acceptors (Lipinski definition) is 4. The van der Waals surface area contributed by atoms with Crippen molar-refractivity contribution >= 4 is 23.5 Å². The lowest BCUT2D eigenvalue weighted by atomic mass is 9.91. The molecular formula is C12H23NOS2. The van der Waals surface area contributed by atoms with Crippen LogP contribution in [0.4, 0.5) is 0 Å². The summed E-state index contributed by atoms with van der Waals surface area (Å²) in [6.45, 7) is 1.96. The molecule has 2 aliphatic heterocycles. The Morgan fingerprint density at radius 3 is 2.75 bits per heavy atom. The molecule has 2 nitrogen and oxygen atoms in total. The molecule has 0 spiro atoms. The van der Waals surface area contributed by atoms with Gasteiger partial charge in [0.2, 0.25) is 0 Å². The van der Waals surface area contributed by atoms with Crippen LogP contribution in [0.15, 0.2) is 0 Å². The summed E-state index contributed by atoms with van der Waals surface area (Å²) in [4.78, 5) is 0. The molecule has 2 fully saturated rings. The minimum absolute atomic E-state index is 0.709. The van der Waals surface area contributed by atoms with Gasteiger partial charge in [0.15, 0.2) is 0 Å². The van der Waals surface area contributed by atoms with Crippen LogP contribution in [-0.2, 0) is 4.74 Å². The number of hydrogen-bond donors (Lipinski definition) is 1. The first kappa shape index (κ1) is 13.1. The molecule has 4 heteroatoms. The van der Waals surface area contributed by atoms with Gasteiger partial charge in [0.05, 0.1) is 0 Å². The first-order valence-corrected chi connectivity index (χ1v) is 8.55. The molecule has 2 unspecified atom stereocenters. The maximum absolute atomic E-state index is 5.43. The van der Waals surface area contributed by atoms with Gasteiger partial charge in [-0.1, -0.05) is 0 Å². The van der Waals surface area contributed by atoms with Gasteiger partial charge >= 0.3 is 0 Å². The normalized spacial score (nSPS) is 30.2. The van der Waals surface area contributed by atoms with E-state index in [2.05, 4.69) is 35.9 Å². The number of nitrogens with one attached hydrogen (secondary N) is 1. The molecule has 0 aromatic carbocycles. The van der Waals surface area contributed by atoms with E-state index in [0.29, 0.717) is 6.04 Å². The monoisotopic (exact) mass is 261 g/mol. The highest BCUT2D eigenvalue weighted by Gasteiger charge is 2.26. The summed E-state index contributed by atoms with van der Waals surface area (Å²) >= 11 is 4.29. The molecule has 0 amide bonds. The molecule has 0 bridgehead atoms. The molecule has 1 N–H and O–H groups in total. The van der Waals surface area contributed by atoms with Gasteiger partial charge in [-0.15, -0.1) is 0 Å². The third-order valence-electron chi connectivity index (χ3n) is 3.59. The van der Waals surface area contributed by atoms with E-state index in [4.69, 9.17) is 4.74 Å². The Kier molecular flexibility index (Phi) is 5.83. The lowest BCUT2D eigenvalue weighted by molar-refractivity contribution is 0.0609. The van der Waals surface area contributed by atoms with Crippen LogP contribution >= 0.6 is 23.5 Å². The zero-order valence-electron chi connectivity index (χ0n) is 10.1. The highest BCUT2D eigenvalue weighted by atomic mass is 32.2. The van der Waals surface area contributed by atoms with Gasteiger partial charge in [-0.3, -0.25) is 0 Å². The summed E-state index contributed by atoms with van der Waals surface area (Å²) in [6.07, 6.45) is 3.88. The second kappa shape index (κ2) is 7.14. The smallest absolute Gasteiger partial charge is 0.0468 e. The minimum atomic E-state index is 0.709. The van der Waals surface area contributed by atoms with Crippen molar-refractivity contribution < 1.29 is 4.74 Å². The fraction of sp³-hybridized carbons (Fsp3) is 1.00. The second-order valence-corrected chi connectivity index (χ2v) is 7.17. The van der Waals surface area contributed by atoms with E-state index in [1.807, 2.05) is 0 Å². The van der Waals surface area contributed by atoms with Gasteiger partial charge in [0, 0.05) is 41.8 Å². The lowest BCUT2D eigenvalue weighted by Crippen LogP contribution is -2.41. The SMILES string of the molecule is CNC(CC1CCOCC1)C1CSCCS1. The Balaban J connectivity index is 1.78. The minimum Gasteiger partial charge on any atom is -0.381 e. The summed E-state index contributed by atoms with van der Waals surface area (Å²) in [5, 5.41) is 4.37. The van der Waals surface area contributed by atoms with Gasteiger partial charge < -0.3 is 10.1 Å². The van der Waals surface area contributed by atoms with Gasteiger partial charge in [-0.2, -0.15) is 23.5 Å². The Morgan fingerprint density at radius 2 is 2.12 bits per heavy atom. The van der Waals surface area contributed by atoms with Crippen molar-refractivity contribution in [2.75, 3.05) is 37.5 Å². The van der Waals surface area contributed by atoms with Crippen molar-refractivity contribution in [3.05, 3.63) is 0 Å². The largest absolute Gasteiger partial charge is 0.381 e. The molecule has 2 heterocycles. The van der Waals surface area contributed by atoms with Crippen molar-refractivity contribution in [2.45, 2.75) is 30.6 Å². The molecule has 2 rings (SSSR count). The lowest BCUT2D eigenvalue weighted by Gasteiger charge is -2.33. The van der Waals surface area contributed by atoms with Crippen LogP contribution in [0.25, 0.3) is 0 Å². The van der Waals surface area contributed by atoms with Crippen LogP contribution in [0.1, 0.15) is 19.3 Å². The molecule has 94 valence electrons. The predicted octanol–water partition coefficient (Wildman–Crippen LogP) is 2.24. The summed E-state index contributed by atoms with van der Waals surface area (Å²) in [5.41, 5.74) is 0. The molecule has 2 saturated heterocycles. The summed E-state index contributed by atoms with van der Waals surface area (Å²) in [6, 6.07) is 0.709. The average Bonchev–Trinajstić information content (AvgIpc) is 2.38. The van der Waals surface area contributed by atoms with E-state index in [9.17, 15) is 0 Å². The highest BCUT2D eigenvalue weighted by molar-refractivity contribution is 8.06. The molecule has 0 radical (unpaired) electrons. The van der Waals surface area contributed by atoms with Crippen LogP contribution in [0.5, 0.6) is 0 Å². The van der Waals surface area contributed by atoms with Crippen molar-refractivity contribution in [1.82, 2.24) is 5.32 Å². The maximum atomic E-state index is 5.43. The van der Waals surface area contributed by atoms with E-state index < -0.39 is 0 Å². The highest BCUT2D eigenvalue weighted by Crippen LogP contribution is 2.30. The van der Waals surface area contributed by atoms with Crippen LogP contribution in [0, 0.1) is 5.92 Å². The zero-order valence-corrected chi connectivity index (χ0v) is 11.7. The van der Waals surface area contributed by atoms with Crippen LogP contribution in [0.3, 0.4) is 0 Å². The maximum Gasteiger partial charge on any atom is 0.0468 e. The molecule has 2 atom stereocenters. The van der Waals surface area contributed by atoms with E-state index in [-0.39, 0.29) is 0 Å². The average molecular weight is 261 g/mol. The molecule has 0 aromatic rings. The summed E-state index contributed by atoms with van der Waals surface area (Å²) < 4.78 is 5.43. The van der Waals surface area contributed by atoms with Gasteiger partial charge in [0.25, 0.3) is 0 Å². The van der Waals surface area contributed by atoms with Crippen molar-refractivity contribution in [1.29, 1.82) is 0 Å². The van der Waals surface area contributed by atoms with E-state index >= 15 is 0 Å². The van der Waals surface area contributed by atoms with Gasteiger partial charge in [-0.05, 0) is 32.2 Å².